The van der Waals surface area contributed by atoms with Crippen LogP contribution in [0.1, 0.15) is 252 Å². The van der Waals surface area contributed by atoms with Crippen molar-refractivity contribution in [1.82, 2.24) is 0 Å². The molecule has 0 amide bonds. The van der Waals surface area contributed by atoms with Crippen LogP contribution in [0.15, 0.2) is 97.2 Å². The average Bonchev–Trinajstić information content (AvgIpc) is 3.33. The van der Waals surface area contributed by atoms with Gasteiger partial charge in [0, 0.05) is 19.3 Å². The SMILES string of the molecule is CC/C=C/C/C=C/C/C=C/C/C=C/C/C=C/C/C=C/CCC(=O)OCC(COC(=O)CCCCCCC/C=C/CCCCCCCC)OC(=O)CCCCCCC/C=C/CCCCCCCC. The molecule has 0 aromatic rings. The highest BCUT2D eigenvalue weighted by Gasteiger charge is 2.19. The molecule has 67 heavy (non-hydrogen) atoms. The molecule has 0 radical (unpaired) electrons. The molecule has 6 nitrogen and oxygen atoms in total. The first kappa shape index (κ1) is 63.3. The summed E-state index contributed by atoms with van der Waals surface area (Å²) >= 11 is 0. The zero-order valence-corrected chi connectivity index (χ0v) is 43.6. The van der Waals surface area contributed by atoms with Gasteiger partial charge in [0.1, 0.15) is 13.2 Å². The maximum atomic E-state index is 12.8. The zero-order chi connectivity index (χ0) is 48.6. The minimum atomic E-state index is -0.816. The van der Waals surface area contributed by atoms with E-state index in [1.54, 1.807) is 0 Å². The molecule has 0 spiro atoms. The molecule has 1 unspecified atom stereocenters. The van der Waals surface area contributed by atoms with Crippen LogP contribution < -0.4 is 0 Å². The molecular weight excluding hydrogens is 829 g/mol. The lowest BCUT2D eigenvalue weighted by molar-refractivity contribution is -0.166. The van der Waals surface area contributed by atoms with Crippen LogP contribution in [0.3, 0.4) is 0 Å². The number of carbonyl (C=O) groups excluding carboxylic acids is 3. The van der Waals surface area contributed by atoms with Gasteiger partial charge in [-0.2, -0.15) is 0 Å². The standard InChI is InChI=1S/C61H102O6/c1-4-7-10-13-16-19-22-25-28-29-30-31-34-36-39-42-45-48-51-54-60(63)66-57-58(67-61(64)55-52-49-46-43-40-37-33-27-24-21-18-15-12-9-6-3)56-65-59(62)53-50-47-44-41-38-35-32-26-23-20-17-14-11-8-5-2/h7,10,16,19,25-28,30-33,36,39,45,48,58H,4-6,8-9,11-15,17-18,20-24,29,34-35,37-38,40-44,46-47,49-57H2,1-3H3/b10-7+,19-16+,28-25+,31-30+,32-26+,33-27+,39-36+,48-45+. The maximum Gasteiger partial charge on any atom is 0.306 e. The summed E-state index contributed by atoms with van der Waals surface area (Å²) in [5.74, 6) is -1.01. The van der Waals surface area contributed by atoms with Crippen LogP contribution in [0.4, 0.5) is 0 Å². The predicted octanol–water partition coefficient (Wildman–Crippen LogP) is 18.5. The first-order chi connectivity index (χ1) is 33.0. The van der Waals surface area contributed by atoms with Gasteiger partial charge in [0.15, 0.2) is 6.10 Å². The highest BCUT2D eigenvalue weighted by atomic mass is 16.6. The van der Waals surface area contributed by atoms with E-state index in [4.69, 9.17) is 14.2 Å². The van der Waals surface area contributed by atoms with Gasteiger partial charge in [-0.3, -0.25) is 14.4 Å². The van der Waals surface area contributed by atoms with Gasteiger partial charge in [0.25, 0.3) is 0 Å². The normalized spacial score (nSPS) is 12.8. The van der Waals surface area contributed by atoms with Crippen molar-refractivity contribution in [3.8, 4) is 0 Å². The summed E-state index contributed by atoms with van der Waals surface area (Å²) in [4.78, 5) is 38.1. The summed E-state index contributed by atoms with van der Waals surface area (Å²) in [5.41, 5.74) is 0. The van der Waals surface area contributed by atoms with E-state index in [9.17, 15) is 14.4 Å². The molecule has 0 aromatic carbocycles. The second kappa shape index (κ2) is 54.9. The third-order valence-electron chi connectivity index (χ3n) is 11.6. The Labute approximate surface area is 413 Å². The Balaban J connectivity index is 4.52. The number of unbranched alkanes of at least 4 members (excludes halogenated alkanes) is 22. The largest absolute Gasteiger partial charge is 0.462 e. The molecule has 0 heterocycles. The van der Waals surface area contributed by atoms with Gasteiger partial charge in [0.05, 0.1) is 0 Å². The fraction of sp³-hybridized carbons (Fsp3) is 0.689. The fourth-order valence-corrected chi connectivity index (χ4v) is 7.40. The summed E-state index contributed by atoms with van der Waals surface area (Å²) in [6.07, 6.45) is 72.6. The van der Waals surface area contributed by atoms with Crippen LogP contribution in [0.5, 0.6) is 0 Å². The van der Waals surface area contributed by atoms with Crippen molar-refractivity contribution in [3.05, 3.63) is 97.2 Å². The predicted molar refractivity (Wildman–Crippen MR) is 288 cm³/mol. The van der Waals surface area contributed by atoms with E-state index in [1.807, 2.05) is 6.08 Å². The molecule has 382 valence electrons. The number of allylic oxidation sites excluding steroid dienone is 16. The quantitative estimate of drug-likeness (QED) is 0.0262. The molecule has 0 N–H and O–H groups in total. The van der Waals surface area contributed by atoms with Crippen molar-refractivity contribution >= 4 is 17.9 Å². The number of hydrogen-bond acceptors (Lipinski definition) is 6. The van der Waals surface area contributed by atoms with Crippen molar-refractivity contribution < 1.29 is 28.6 Å². The second-order valence-corrected chi connectivity index (χ2v) is 18.1. The fourth-order valence-electron chi connectivity index (χ4n) is 7.40. The lowest BCUT2D eigenvalue weighted by Gasteiger charge is -2.18. The molecule has 0 aliphatic carbocycles. The third kappa shape index (κ3) is 53.2. The van der Waals surface area contributed by atoms with Crippen molar-refractivity contribution in [2.45, 2.75) is 258 Å². The average molecular weight is 931 g/mol. The monoisotopic (exact) mass is 931 g/mol. The number of esters is 3. The zero-order valence-electron chi connectivity index (χ0n) is 43.6. The van der Waals surface area contributed by atoms with Crippen LogP contribution in [-0.2, 0) is 28.6 Å². The summed E-state index contributed by atoms with van der Waals surface area (Å²) in [7, 11) is 0. The van der Waals surface area contributed by atoms with E-state index in [0.717, 1.165) is 103 Å². The summed E-state index contributed by atoms with van der Waals surface area (Å²) in [6, 6.07) is 0. The van der Waals surface area contributed by atoms with Crippen LogP contribution in [-0.4, -0.2) is 37.2 Å². The van der Waals surface area contributed by atoms with Crippen molar-refractivity contribution in [1.29, 1.82) is 0 Å². The Bertz CT molecular complexity index is 1350. The Hall–Kier alpha value is -3.67. The van der Waals surface area contributed by atoms with E-state index in [0.29, 0.717) is 19.3 Å². The van der Waals surface area contributed by atoms with Crippen molar-refractivity contribution in [2.75, 3.05) is 13.2 Å². The Morgan fingerprint density at radius 1 is 0.313 bits per heavy atom. The summed E-state index contributed by atoms with van der Waals surface area (Å²) < 4.78 is 16.8. The number of ether oxygens (including phenoxy) is 3. The summed E-state index contributed by atoms with van der Waals surface area (Å²) in [5, 5.41) is 0. The van der Waals surface area contributed by atoms with E-state index >= 15 is 0 Å². The molecular formula is C61H102O6. The maximum absolute atomic E-state index is 12.8. The first-order valence-electron chi connectivity index (χ1n) is 27.7. The Morgan fingerprint density at radius 3 is 1.00 bits per heavy atom. The first-order valence-corrected chi connectivity index (χ1v) is 27.7. The third-order valence-corrected chi connectivity index (χ3v) is 11.6. The molecule has 0 aromatic heterocycles. The summed E-state index contributed by atoms with van der Waals surface area (Å²) in [6.45, 7) is 6.44. The van der Waals surface area contributed by atoms with Gasteiger partial charge < -0.3 is 14.2 Å². The lowest BCUT2D eigenvalue weighted by atomic mass is 10.1. The number of hydrogen-bond donors (Lipinski definition) is 0. The Morgan fingerprint density at radius 2 is 0.612 bits per heavy atom. The van der Waals surface area contributed by atoms with Gasteiger partial charge >= 0.3 is 17.9 Å². The number of rotatable bonds is 49. The minimum absolute atomic E-state index is 0.109. The number of carbonyl (C=O) groups is 3. The molecule has 0 bridgehead atoms. The van der Waals surface area contributed by atoms with Gasteiger partial charge in [-0.1, -0.05) is 221 Å². The highest BCUT2D eigenvalue weighted by molar-refractivity contribution is 5.71. The molecule has 6 heteroatoms. The highest BCUT2D eigenvalue weighted by Crippen LogP contribution is 2.13. The van der Waals surface area contributed by atoms with E-state index in [1.165, 1.54) is 103 Å². The van der Waals surface area contributed by atoms with E-state index < -0.39 is 6.10 Å². The van der Waals surface area contributed by atoms with Crippen LogP contribution >= 0.6 is 0 Å². The van der Waals surface area contributed by atoms with Gasteiger partial charge in [-0.15, -0.1) is 0 Å². The molecule has 0 aliphatic rings. The molecule has 1 atom stereocenters. The lowest BCUT2D eigenvalue weighted by Crippen LogP contribution is -2.30. The van der Waals surface area contributed by atoms with Crippen LogP contribution in [0, 0.1) is 0 Å². The second-order valence-electron chi connectivity index (χ2n) is 18.1. The van der Waals surface area contributed by atoms with Crippen LogP contribution in [0.2, 0.25) is 0 Å². The van der Waals surface area contributed by atoms with Gasteiger partial charge in [-0.05, 0) is 109 Å². The molecule has 0 rings (SSSR count). The topological polar surface area (TPSA) is 78.9 Å². The van der Waals surface area contributed by atoms with Crippen molar-refractivity contribution in [2.24, 2.45) is 0 Å². The molecule has 0 fully saturated rings. The molecule has 0 saturated carbocycles. The van der Waals surface area contributed by atoms with E-state index in [2.05, 4.69) is 112 Å². The smallest absolute Gasteiger partial charge is 0.306 e. The molecule has 0 aliphatic heterocycles. The van der Waals surface area contributed by atoms with E-state index in [-0.39, 0.29) is 37.5 Å². The minimum Gasteiger partial charge on any atom is -0.462 e. The van der Waals surface area contributed by atoms with Gasteiger partial charge in [0.2, 0.25) is 0 Å². The van der Waals surface area contributed by atoms with Crippen LogP contribution in [0.25, 0.3) is 0 Å². The van der Waals surface area contributed by atoms with Gasteiger partial charge in [-0.25, -0.2) is 0 Å². The van der Waals surface area contributed by atoms with Crippen molar-refractivity contribution in [3.63, 3.8) is 0 Å². The Kier molecular flexibility index (Phi) is 51.9. The molecule has 0 saturated heterocycles.